The van der Waals surface area contributed by atoms with Crippen molar-refractivity contribution in [2.24, 2.45) is 0 Å². The van der Waals surface area contributed by atoms with Crippen LogP contribution in [0.2, 0.25) is 0 Å². The van der Waals surface area contributed by atoms with E-state index >= 15 is 0 Å². The monoisotopic (exact) mass is 219 g/mol. The average molecular weight is 219 g/mol. The highest BCUT2D eigenvalue weighted by Crippen LogP contribution is 2.32. The van der Waals surface area contributed by atoms with Crippen LogP contribution in [0.15, 0.2) is 0 Å². The molecule has 1 atom stereocenters. The van der Waals surface area contributed by atoms with E-state index in [-0.39, 0.29) is 0 Å². The maximum atomic E-state index is 4.85. The van der Waals surface area contributed by atoms with Crippen molar-refractivity contribution >= 4 is 0 Å². The minimum absolute atomic E-state index is 0.674. The van der Waals surface area contributed by atoms with Gasteiger partial charge in [0.25, 0.3) is 0 Å². The van der Waals surface area contributed by atoms with E-state index in [0.29, 0.717) is 5.92 Å². The highest BCUT2D eigenvalue weighted by atomic mass is 15.3. The van der Waals surface area contributed by atoms with Gasteiger partial charge in [-0.25, -0.2) is 0 Å². The Balaban J connectivity index is 1.94. The summed E-state index contributed by atoms with van der Waals surface area (Å²) >= 11 is 0. The molecule has 0 radical (unpaired) electrons. The summed E-state index contributed by atoms with van der Waals surface area (Å²) in [6, 6.07) is 0. The number of piperidine rings is 1. The predicted molar refractivity (Wildman–Crippen MR) is 64.8 cm³/mol. The van der Waals surface area contributed by atoms with E-state index in [4.69, 9.17) is 5.10 Å². The second kappa shape index (κ2) is 4.21. The van der Waals surface area contributed by atoms with Crippen LogP contribution in [0, 0.1) is 0 Å². The smallest absolute Gasteiger partial charge is 0.0703 e. The molecular weight excluding hydrogens is 198 g/mol. The van der Waals surface area contributed by atoms with Gasteiger partial charge in [0.05, 0.1) is 5.69 Å². The Morgan fingerprint density at radius 1 is 1.38 bits per heavy atom. The lowest BCUT2D eigenvalue weighted by Crippen LogP contribution is -2.29. The summed E-state index contributed by atoms with van der Waals surface area (Å²) in [5.41, 5.74) is 4.54. The Kier molecular flexibility index (Phi) is 2.72. The SMILES string of the molecule is CCn1nc(C2CCCNC2)c2c1CCC2. The molecule has 0 spiro atoms. The Morgan fingerprint density at radius 2 is 2.31 bits per heavy atom. The van der Waals surface area contributed by atoms with E-state index in [9.17, 15) is 0 Å². The zero-order chi connectivity index (χ0) is 11.0. The Hall–Kier alpha value is -0.830. The van der Waals surface area contributed by atoms with E-state index in [0.717, 1.165) is 13.1 Å². The van der Waals surface area contributed by atoms with Gasteiger partial charge >= 0.3 is 0 Å². The van der Waals surface area contributed by atoms with Crippen molar-refractivity contribution in [3.05, 3.63) is 17.0 Å². The summed E-state index contributed by atoms with van der Waals surface area (Å²) in [7, 11) is 0. The third-order valence-electron chi connectivity index (χ3n) is 4.02. The topological polar surface area (TPSA) is 29.9 Å². The number of rotatable bonds is 2. The maximum Gasteiger partial charge on any atom is 0.0703 e. The minimum Gasteiger partial charge on any atom is -0.316 e. The van der Waals surface area contributed by atoms with E-state index in [1.165, 1.54) is 50.0 Å². The number of nitrogens with one attached hydrogen (secondary N) is 1. The Morgan fingerprint density at radius 3 is 3.06 bits per heavy atom. The van der Waals surface area contributed by atoms with Crippen molar-refractivity contribution in [1.82, 2.24) is 15.1 Å². The van der Waals surface area contributed by atoms with Gasteiger partial charge in [-0.15, -0.1) is 0 Å². The van der Waals surface area contributed by atoms with Crippen molar-refractivity contribution in [2.75, 3.05) is 13.1 Å². The maximum absolute atomic E-state index is 4.85. The van der Waals surface area contributed by atoms with Crippen molar-refractivity contribution in [3.8, 4) is 0 Å². The largest absolute Gasteiger partial charge is 0.316 e. The van der Waals surface area contributed by atoms with E-state index in [2.05, 4.69) is 16.9 Å². The molecule has 3 heteroatoms. The standard InChI is InChI=1S/C13H21N3/c1-2-16-12-7-3-6-11(12)13(15-16)10-5-4-8-14-9-10/h10,14H,2-9H2,1H3. The summed E-state index contributed by atoms with van der Waals surface area (Å²) in [5, 5.41) is 8.35. The van der Waals surface area contributed by atoms with Crippen LogP contribution in [0.3, 0.4) is 0 Å². The molecule has 0 bridgehead atoms. The third-order valence-corrected chi connectivity index (χ3v) is 4.02. The van der Waals surface area contributed by atoms with Crippen molar-refractivity contribution in [2.45, 2.75) is 51.5 Å². The molecule has 1 fully saturated rings. The quantitative estimate of drug-likeness (QED) is 0.823. The molecular formula is C13H21N3. The third kappa shape index (κ3) is 1.58. The van der Waals surface area contributed by atoms with Crippen LogP contribution in [0.25, 0.3) is 0 Å². The molecule has 16 heavy (non-hydrogen) atoms. The van der Waals surface area contributed by atoms with E-state index in [1.807, 2.05) is 0 Å². The highest BCUT2D eigenvalue weighted by Gasteiger charge is 2.27. The summed E-state index contributed by atoms with van der Waals surface area (Å²) in [5.74, 6) is 0.674. The zero-order valence-electron chi connectivity index (χ0n) is 10.1. The van der Waals surface area contributed by atoms with Gasteiger partial charge < -0.3 is 5.32 Å². The number of hydrogen-bond acceptors (Lipinski definition) is 2. The lowest BCUT2D eigenvalue weighted by atomic mass is 9.93. The average Bonchev–Trinajstić information content (AvgIpc) is 2.91. The Bertz CT molecular complexity index is 375. The molecule has 88 valence electrons. The molecule has 1 aliphatic heterocycles. The van der Waals surface area contributed by atoms with Gasteiger partial charge in [-0.05, 0) is 51.1 Å². The highest BCUT2D eigenvalue weighted by molar-refractivity contribution is 5.33. The molecule has 3 rings (SSSR count). The van der Waals surface area contributed by atoms with Crippen LogP contribution in [0.5, 0.6) is 0 Å². The van der Waals surface area contributed by atoms with Gasteiger partial charge in [0.1, 0.15) is 0 Å². The van der Waals surface area contributed by atoms with Gasteiger partial charge in [-0.1, -0.05) is 0 Å². The minimum atomic E-state index is 0.674. The van der Waals surface area contributed by atoms with Gasteiger partial charge in [0.2, 0.25) is 0 Å². The number of aromatic nitrogens is 2. The molecule has 2 heterocycles. The summed E-state index contributed by atoms with van der Waals surface area (Å²) in [6.45, 7) is 5.55. The molecule has 0 saturated carbocycles. The van der Waals surface area contributed by atoms with Crippen LogP contribution in [-0.2, 0) is 19.4 Å². The van der Waals surface area contributed by atoms with Crippen LogP contribution >= 0.6 is 0 Å². The normalized spacial score (nSPS) is 24.7. The van der Waals surface area contributed by atoms with Gasteiger partial charge in [-0.3, -0.25) is 4.68 Å². The Labute approximate surface area is 97.2 Å². The zero-order valence-corrected chi connectivity index (χ0v) is 10.1. The van der Waals surface area contributed by atoms with Crippen LogP contribution < -0.4 is 5.32 Å². The van der Waals surface area contributed by atoms with Crippen molar-refractivity contribution < 1.29 is 0 Å². The number of aryl methyl sites for hydroxylation is 1. The predicted octanol–water partition coefficient (Wildman–Crippen LogP) is 1.86. The van der Waals surface area contributed by atoms with Crippen LogP contribution in [0.1, 0.15) is 49.1 Å². The first-order valence-corrected chi connectivity index (χ1v) is 6.69. The molecule has 2 aliphatic rings. The summed E-state index contributed by atoms with van der Waals surface area (Å²) < 4.78 is 2.24. The lowest BCUT2D eigenvalue weighted by Gasteiger charge is -2.21. The van der Waals surface area contributed by atoms with Gasteiger partial charge in [0, 0.05) is 24.7 Å². The molecule has 3 nitrogen and oxygen atoms in total. The fourth-order valence-electron chi connectivity index (χ4n) is 3.21. The van der Waals surface area contributed by atoms with Crippen molar-refractivity contribution in [1.29, 1.82) is 0 Å². The van der Waals surface area contributed by atoms with Crippen LogP contribution in [-0.4, -0.2) is 22.9 Å². The fourth-order valence-corrected chi connectivity index (χ4v) is 3.21. The number of nitrogens with zero attached hydrogens (tertiary/aromatic N) is 2. The summed E-state index contributed by atoms with van der Waals surface area (Å²) in [4.78, 5) is 0. The fraction of sp³-hybridized carbons (Fsp3) is 0.769. The summed E-state index contributed by atoms with van der Waals surface area (Å²) in [6.07, 6.45) is 6.47. The first kappa shape index (κ1) is 10.3. The molecule has 1 unspecified atom stereocenters. The second-order valence-corrected chi connectivity index (χ2v) is 5.02. The number of fused-ring (bicyclic) bond motifs is 1. The number of hydrogen-bond donors (Lipinski definition) is 1. The molecule has 1 N–H and O–H groups in total. The molecule has 1 saturated heterocycles. The van der Waals surface area contributed by atoms with E-state index in [1.54, 1.807) is 5.56 Å². The second-order valence-electron chi connectivity index (χ2n) is 5.02. The first-order chi connectivity index (χ1) is 7.90. The lowest BCUT2D eigenvalue weighted by molar-refractivity contribution is 0.446. The molecule has 0 aromatic carbocycles. The van der Waals surface area contributed by atoms with E-state index < -0.39 is 0 Å². The molecule has 0 amide bonds. The van der Waals surface area contributed by atoms with Gasteiger partial charge in [-0.2, -0.15) is 5.10 Å². The molecule has 1 aromatic rings. The first-order valence-electron chi connectivity index (χ1n) is 6.69. The molecule has 1 aliphatic carbocycles. The van der Waals surface area contributed by atoms with Crippen LogP contribution in [0.4, 0.5) is 0 Å². The van der Waals surface area contributed by atoms with Crippen molar-refractivity contribution in [3.63, 3.8) is 0 Å². The molecule has 1 aromatic heterocycles. The van der Waals surface area contributed by atoms with Gasteiger partial charge in [0.15, 0.2) is 0 Å².